The monoisotopic (exact) mass is 325 g/mol. The number of rotatable bonds is 3. The van der Waals surface area contributed by atoms with Crippen molar-refractivity contribution >= 4 is 46.2 Å². The molecule has 0 atom stereocenters. The van der Waals surface area contributed by atoms with E-state index in [1.165, 1.54) is 12.1 Å². The Morgan fingerprint density at radius 3 is 2.62 bits per heavy atom. The molecule has 0 saturated heterocycles. The second-order valence-electron chi connectivity index (χ2n) is 4.26. The van der Waals surface area contributed by atoms with Crippen LogP contribution >= 0.6 is 23.2 Å². The molecular weight excluding hydrogens is 316 g/mol. The topological polar surface area (TPSA) is 54.2 Å². The minimum atomic E-state index is -0.647. The highest BCUT2D eigenvalue weighted by molar-refractivity contribution is 6.35. The first kappa shape index (κ1) is 13.9. The Hall–Kier alpha value is -2.05. The highest BCUT2D eigenvalue weighted by Crippen LogP contribution is 2.29. The van der Waals surface area contributed by atoms with Gasteiger partial charge in [0.15, 0.2) is 17.3 Å². The fraction of sp³-hybridized carbons (Fsp3) is 0.0769. The number of aromatic nitrogens is 3. The minimum Gasteiger partial charge on any atom is -0.372 e. The van der Waals surface area contributed by atoms with Crippen LogP contribution in [0, 0.1) is 5.82 Å². The van der Waals surface area contributed by atoms with Gasteiger partial charge in [0.05, 0.1) is 16.2 Å². The van der Waals surface area contributed by atoms with Gasteiger partial charge in [0.25, 0.3) is 0 Å². The van der Waals surface area contributed by atoms with Crippen molar-refractivity contribution < 1.29 is 4.39 Å². The molecule has 0 aliphatic heterocycles. The number of fused-ring (bicyclic) bond motifs is 1. The summed E-state index contributed by atoms with van der Waals surface area (Å²) in [6.45, 7) is 0. The third kappa shape index (κ3) is 2.59. The van der Waals surface area contributed by atoms with Crippen LogP contribution in [0.4, 0.5) is 21.7 Å². The van der Waals surface area contributed by atoms with E-state index in [0.29, 0.717) is 23.0 Å². The van der Waals surface area contributed by atoms with Crippen LogP contribution < -0.4 is 10.6 Å². The molecule has 2 aromatic heterocycles. The predicted octanol–water partition coefficient (Wildman–Crippen LogP) is 3.96. The average molecular weight is 326 g/mol. The van der Waals surface area contributed by atoms with Crippen molar-refractivity contribution in [1.29, 1.82) is 0 Å². The third-order valence-corrected chi connectivity index (χ3v) is 3.43. The number of imidazole rings is 1. The maximum atomic E-state index is 13.4. The van der Waals surface area contributed by atoms with Crippen LogP contribution in [0.3, 0.4) is 0 Å². The molecule has 3 aromatic rings. The van der Waals surface area contributed by atoms with Crippen LogP contribution in [0.1, 0.15) is 0 Å². The van der Waals surface area contributed by atoms with Crippen LogP contribution in [-0.4, -0.2) is 21.4 Å². The summed E-state index contributed by atoms with van der Waals surface area (Å²) in [5.74, 6) is 0.514. The summed E-state index contributed by atoms with van der Waals surface area (Å²) < 4.78 is 15.3. The zero-order valence-electron chi connectivity index (χ0n) is 10.9. The molecule has 108 valence electrons. The Kier molecular flexibility index (Phi) is 3.57. The molecule has 0 radical (unpaired) electrons. The van der Waals surface area contributed by atoms with Gasteiger partial charge in [-0.05, 0) is 12.1 Å². The lowest BCUT2D eigenvalue weighted by atomic mass is 10.3. The van der Waals surface area contributed by atoms with Crippen molar-refractivity contribution in [3.05, 3.63) is 46.6 Å². The molecule has 0 aliphatic rings. The van der Waals surface area contributed by atoms with Crippen LogP contribution in [-0.2, 0) is 0 Å². The fourth-order valence-corrected chi connectivity index (χ4v) is 2.39. The van der Waals surface area contributed by atoms with Crippen molar-refractivity contribution in [2.24, 2.45) is 0 Å². The number of anilines is 3. The Balaban J connectivity index is 2.07. The first-order valence-corrected chi connectivity index (χ1v) is 6.77. The van der Waals surface area contributed by atoms with Crippen LogP contribution in [0.5, 0.6) is 0 Å². The summed E-state index contributed by atoms with van der Waals surface area (Å²) in [5, 5.41) is 5.88. The fourth-order valence-electron chi connectivity index (χ4n) is 1.90. The van der Waals surface area contributed by atoms with Crippen molar-refractivity contribution in [3.63, 3.8) is 0 Å². The van der Waals surface area contributed by atoms with Gasteiger partial charge in [-0.3, -0.25) is 0 Å². The van der Waals surface area contributed by atoms with Gasteiger partial charge in [0.1, 0.15) is 5.82 Å². The molecule has 2 heterocycles. The summed E-state index contributed by atoms with van der Waals surface area (Å²) in [7, 11) is 1.76. The zero-order valence-corrected chi connectivity index (χ0v) is 12.4. The summed E-state index contributed by atoms with van der Waals surface area (Å²) >= 11 is 11.6. The normalized spacial score (nSPS) is 10.9. The summed E-state index contributed by atoms with van der Waals surface area (Å²) in [6, 6.07) is 2.88. The van der Waals surface area contributed by atoms with E-state index < -0.39 is 5.82 Å². The standard InChI is InChI=1S/C13H10Cl2FN5/c1-17-10-6-21-3-2-18-13(21)12(20-10)19-7-4-8(14)11(16)9(15)5-7/h2-6,17H,1H3,(H,19,20). The maximum Gasteiger partial charge on any atom is 0.180 e. The van der Waals surface area contributed by atoms with Crippen LogP contribution in [0.15, 0.2) is 30.7 Å². The summed E-state index contributed by atoms with van der Waals surface area (Å²) in [6.07, 6.45) is 5.26. The molecule has 1 aromatic carbocycles. The molecular formula is C13H10Cl2FN5. The van der Waals surface area contributed by atoms with E-state index in [-0.39, 0.29) is 10.0 Å². The molecule has 3 rings (SSSR count). The van der Waals surface area contributed by atoms with Crippen molar-refractivity contribution in [3.8, 4) is 0 Å². The molecule has 0 aliphatic carbocycles. The van der Waals surface area contributed by atoms with E-state index >= 15 is 0 Å². The number of hydrogen-bond acceptors (Lipinski definition) is 4. The highest BCUT2D eigenvalue weighted by atomic mass is 35.5. The second kappa shape index (κ2) is 5.38. The van der Waals surface area contributed by atoms with E-state index in [2.05, 4.69) is 20.6 Å². The van der Waals surface area contributed by atoms with Gasteiger partial charge in [0.2, 0.25) is 0 Å². The zero-order chi connectivity index (χ0) is 15.0. The number of halogens is 3. The first-order chi connectivity index (χ1) is 10.1. The van der Waals surface area contributed by atoms with Gasteiger partial charge in [-0.25, -0.2) is 14.4 Å². The number of nitrogens with zero attached hydrogens (tertiary/aromatic N) is 3. The van der Waals surface area contributed by atoms with E-state index in [1.807, 2.05) is 4.40 Å². The molecule has 5 nitrogen and oxygen atoms in total. The van der Waals surface area contributed by atoms with Crippen LogP contribution in [0.2, 0.25) is 10.0 Å². The molecule has 21 heavy (non-hydrogen) atoms. The van der Waals surface area contributed by atoms with Crippen molar-refractivity contribution in [2.75, 3.05) is 17.7 Å². The molecule has 0 spiro atoms. The largest absolute Gasteiger partial charge is 0.372 e. The lowest BCUT2D eigenvalue weighted by molar-refractivity contribution is 0.629. The van der Waals surface area contributed by atoms with E-state index in [0.717, 1.165) is 0 Å². The Bertz CT molecular complexity index is 794. The molecule has 0 saturated carbocycles. The summed E-state index contributed by atoms with van der Waals surface area (Å²) in [4.78, 5) is 8.61. The lowest BCUT2D eigenvalue weighted by Crippen LogP contribution is -2.02. The molecule has 2 N–H and O–H groups in total. The molecule has 0 amide bonds. The number of nitrogens with one attached hydrogen (secondary N) is 2. The van der Waals surface area contributed by atoms with E-state index in [9.17, 15) is 4.39 Å². The van der Waals surface area contributed by atoms with Gasteiger partial charge in [-0.2, -0.15) is 0 Å². The predicted molar refractivity (Wildman–Crippen MR) is 82.2 cm³/mol. The van der Waals surface area contributed by atoms with Gasteiger partial charge in [-0.15, -0.1) is 0 Å². The summed E-state index contributed by atoms with van der Waals surface area (Å²) in [5.41, 5.74) is 1.16. The van der Waals surface area contributed by atoms with E-state index in [1.54, 1.807) is 25.6 Å². The van der Waals surface area contributed by atoms with Crippen LogP contribution in [0.25, 0.3) is 5.65 Å². The third-order valence-electron chi connectivity index (χ3n) is 2.88. The van der Waals surface area contributed by atoms with Gasteiger partial charge in [0, 0.05) is 25.1 Å². The number of hydrogen-bond donors (Lipinski definition) is 2. The first-order valence-electron chi connectivity index (χ1n) is 6.01. The van der Waals surface area contributed by atoms with E-state index in [4.69, 9.17) is 23.2 Å². The SMILES string of the molecule is CNc1cn2ccnc2c(Nc2cc(Cl)c(F)c(Cl)c2)n1. The van der Waals surface area contributed by atoms with Crippen molar-refractivity contribution in [1.82, 2.24) is 14.4 Å². The second-order valence-corrected chi connectivity index (χ2v) is 5.08. The Morgan fingerprint density at radius 2 is 1.95 bits per heavy atom. The Labute approximate surface area is 129 Å². The van der Waals surface area contributed by atoms with Crippen molar-refractivity contribution in [2.45, 2.75) is 0 Å². The maximum absolute atomic E-state index is 13.4. The Morgan fingerprint density at radius 1 is 1.24 bits per heavy atom. The minimum absolute atomic E-state index is 0.0610. The number of benzene rings is 1. The highest BCUT2D eigenvalue weighted by Gasteiger charge is 2.11. The van der Waals surface area contributed by atoms with Gasteiger partial charge < -0.3 is 15.0 Å². The molecule has 0 bridgehead atoms. The molecule has 0 fully saturated rings. The average Bonchev–Trinajstić information content (AvgIpc) is 2.93. The molecule has 0 unspecified atom stereocenters. The quantitative estimate of drug-likeness (QED) is 0.716. The van der Waals surface area contributed by atoms with Gasteiger partial charge in [-0.1, -0.05) is 23.2 Å². The lowest BCUT2D eigenvalue weighted by Gasteiger charge is -2.10. The smallest absolute Gasteiger partial charge is 0.180 e. The van der Waals surface area contributed by atoms with Gasteiger partial charge >= 0.3 is 0 Å². The molecule has 8 heteroatoms.